The van der Waals surface area contributed by atoms with Gasteiger partial charge in [-0.05, 0) is 17.4 Å². The van der Waals surface area contributed by atoms with Crippen molar-refractivity contribution in [2.75, 3.05) is 6.61 Å². The second-order valence-corrected chi connectivity index (χ2v) is 8.47. The summed E-state index contributed by atoms with van der Waals surface area (Å²) in [7, 11) is 0. The van der Waals surface area contributed by atoms with Gasteiger partial charge in [0.15, 0.2) is 0 Å². The number of carboxylic acid groups (broad SMARTS) is 1. The molecule has 0 aromatic heterocycles. The number of rotatable bonds is 13. The Morgan fingerprint density at radius 3 is 1.94 bits per heavy atom. The van der Waals surface area contributed by atoms with Crippen molar-refractivity contribution < 1.29 is 29.4 Å². The van der Waals surface area contributed by atoms with Gasteiger partial charge in [-0.25, -0.2) is 4.79 Å². The molecule has 0 aliphatic heterocycles. The summed E-state index contributed by atoms with van der Waals surface area (Å²) in [5.41, 5.74) is 6.67. The molecule has 7 N–H and O–H groups in total. The van der Waals surface area contributed by atoms with E-state index in [-0.39, 0.29) is 18.3 Å². The van der Waals surface area contributed by atoms with Gasteiger partial charge < -0.3 is 31.9 Å². The highest BCUT2D eigenvalue weighted by Crippen LogP contribution is 2.09. The number of carbonyl (C=O) groups is 4. The highest BCUT2D eigenvalue weighted by molar-refractivity contribution is 5.94. The van der Waals surface area contributed by atoms with Crippen LogP contribution in [0.2, 0.25) is 0 Å². The van der Waals surface area contributed by atoms with E-state index < -0.39 is 54.5 Å². The van der Waals surface area contributed by atoms with Gasteiger partial charge in [-0.1, -0.05) is 64.4 Å². The van der Waals surface area contributed by atoms with Crippen LogP contribution in [0.25, 0.3) is 0 Å². The average molecular weight is 465 g/mol. The van der Waals surface area contributed by atoms with Crippen LogP contribution >= 0.6 is 0 Å². The third kappa shape index (κ3) is 8.82. The number of aliphatic carboxylic acids is 1. The Bertz CT molecular complexity index is 801. The summed E-state index contributed by atoms with van der Waals surface area (Å²) in [5, 5.41) is 26.5. The molecule has 1 aromatic carbocycles. The maximum atomic E-state index is 13.0. The standard InChI is InChI=1S/C23H36N4O6/c1-5-14(4)19(23(32)33)27-21(30)17(12-28)26-20(29)16(11-15-9-7-6-8-10-15)25-22(31)18(24)13(2)3/h6-10,13-14,16-19,28H,5,11-12,24H2,1-4H3,(H,25,31)(H,26,29)(H,27,30)(H,32,33). The number of hydrogen-bond donors (Lipinski definition) is 6. The Balaban J connectivity index is 3.00. The lowest BCUT2D eigenvalue weighted by Gasteiger charge is -2.26. The van der Waals surface area contributed by atoms with E-state index in [1.807, 2.05) is 6.07 Å². The number of hydrogen-bond acceptors (Lipinski definition) is 6. The lowest BCUT2D eigenvalue weighted by atomic mass is 9.99. The van der Waals surface area contributed by atoms with E-state index in [1.165, 1.54) is 0 Å². The van der Waals surface area contributed by atoms with Crippen LogP contribution in [0.15, 0.2) is 30.3 Å². The van der Waals surface area contributed by atoms with Gasteiger partial charge in [0.25, 0.3) is 0 Å². The molecule has 0 bridgehead atoms. The Morgan fingerprint density at radius 2 is 1.45 bits per heavy atom. The van der Waals surface area contributed by atoms with E-state index in [9.17, 15) is 29.4 Å². The van der Waals surface area contributed by atoms with E-state index in [4.69, 9.17) is 5.73 Å². The topological polar surface area (TPSA) is 171 Å². The van der Waals surface area contributed by atoms with Crippen LogP contribution in [0.4, 0.5) is 0 Å². The Hall–Kier alpha value is -2.98. The quantitative estimate of drug-likeness (QED) is 0.234. The van der Waals surface area contributed by atoms with Crippen molar-refractivity contribution in [2.45, 2.75) is 64.7 Å². The molecule has 0 fully saturated rings. The number of aliphatic hydroxyl groups excluding tert-OH is 1. The molecule has 10 heteroatoms. The Morgan fingerprint density at radius 1 is 0.909 bits per heavy atom. The van der Waals surface area contributed by atoms with Crippen LogP contribution in [0.3, 0.4) is 0 Å². The molecule has 1 aromatic rings. The van der Waals surface area contributed by atoms with Gasteiger partial charge in [-0.15, -0.1) is 0 Å². The van der Waals surface area contributed by atoms with Gasteiger partial charge in [0, 0.05) is 6.42 Å². The molecule has 0 saturated carbocycles. The number of aliphatic hydroxyl groups is 1. The van der Waals surface area contributed by atoms with Crippen molar-refractivity contribution in [1.82, 2.24) is 16.0 Å². The maximum absolute atomic E-state index is 13.0. The number of carbonyl (C=O) groups excluding carboxylic acids is 3. The van der Waals surface area contributed by atoms with Crippen LogP contribution in [-0.2, 0) is 25.6 Å². The Kier molecular flexibility index (Phi) is 11.5. The molecule has 184 valence electrons. The van der Waals surface area contributed by atoms with E-state index in [1.54, 1.807) is 52.0 Å². The predicted molar refractivity (Wildman–Crippen MR) is 123 cm³/mol. The number of carboxylic acids is 1. The van der Waals surface area contributed by atoms with Gasteiger partial charge in [0.1, 0.15) is 18.1 Å². The van der Waals surface area contributed by atoms with Crippen molar-refractivity contribution in [3.05, 3.63) is 35.9 Å². The van der Waals surface area contributed by atoms with Crippen molar-refractivity contribution >= 4 is 23.7 Å². The van der Waals surface area contributed by atoms with Crippen LogP contribution in [-0.4, -0.2) is 64.7 Å². The lowest BCUT2D eigenvalue weighted by Crippen LogP contribution is -2.59. The molecule has 1 rings (SSSR count). The molecular weight excluding hydrogens is 428 g/mol. The minimum absolute atomic E-state index is 0.133. The summed E-state index contributed by atoms with van der Waals surface area (Å²) in [4.78, 5) is 49.6. The lowest BCUT2D eigenvalue weighted by molar-refractivity contribution is -0.144. The number of nitrogens with two attached hydrogens (primary N) is 1. The van der Waals surface area contributed by atoms with Gasteiger partial charge in [0.2, 0.25) is 17.7 Å². The first-order chi connectivity index (χ1) is 15.5. The fourth-order valence-corrected chi connectivity index (χ4v) is 3.03. The molecule has 3 amide bonds. The Labute approximate surface area is 194 Å². The molecule has 0 aliphatic carbocycles. The normalized spacial score (nSPS) is 15.6. The van der Waals surface area contributed by atoms with E-state index in [2.05, 4.69) is 16.0 Å². The maximum Gasteiger partial charge on any atom is 0.326 e. The molecule has 0 aliphatic rings. The molecule has 5 unspecified atom stereocenters. The van der Waals surface area contributed by atoms with E-state index in [0.717, 1.165) is 5.56 Å². The van der Waals surface area contributed by atoms with Crippen LogP contribution in [0.5, 0.6) is 0 Å². The second kappa shape index (κ2) is 13.5. The average Bonchev–Trinajstić information content (AvgIpc) is 2.79. The third-order valence-corrected chi connectivity index (χ3v) is 5.53. The fraction of sp³-hybridized carbons (Fsp3) is 0.565. The minimum atomic E-state index is -1.39. The van der Waals surface area contributed by atoms with Crippen LogP contribution in [0.1, 0.15) is 39.7 Å². The van der Waals surface area contributed by atoms with Gasteiger partial charge in [-0.2, -0.15) is 0 Å². The largest absolute Gasteiger partial charge is 0.480 e. The SMILES string of the molecule is CCC(C)C(NC(=O)C(CO)NC(=O)C(Cc1ccccc1)NC(=O)C(N)C(C)C)C(=O)O. The molecule has 0 spiro atoms. The zero-order chi connectivity index (χ0) is 25.1. The molecule has 33 heavy (non-hydrogen) atoms. The van der Waals surface area contributed by atoms with Crippen molar-refractivity contribution in [3.63, 3.8) is 0 Å². The summed E-state index contributed by atoms with van der Waals surface area (Å²) in [6.45, 7) is 6.27. The first-order valence-electron chi connectivity index (χ1n) is 11.1. The highest BCUT2D eigenvalue weighted by atomic mass is 16.4. The van der Waals surface area contributed by atoms with Gasteiger partial charge in [-0.3, -0.25) is 14.4 Å². The number of nitrogens with one attached hydrogen (secondary N) is 3. The molecule has 5 atom stereocenters. The highest BCUT2D eigenvalue weighted by Gasteiger charge is 2.32. The summed E-state index contributed by atoms with van der Waals surface area (Å²) in [5.74, 6) is -3.78. The number of benzene rings is 1. The summed E-state index contributed by atoms with van der Waals surface area (Å²) < 4.78 is 0. The van der Waals surface area contributed by atoms with Gasteiger partial charge >= 0.3 is 5.97 Å². The second-order valence-electron chi connectivity index (χ2n) is 8.47. The van der Waals surface area contributed by atoms with Crippen molar-refractivity contribution in [3.8, 4) is 0 Å². The first kappa shape index (κ1) is 28.1. The summed E-state index contributed by atoms with van der Waals surface area (Å²) in [6.07, 6.45) is 0.641. The smallest absolute Gasteiger partial charge is 0.326 e. The van der Waals surface area contributed by atoms with Gasteiger partial charge in [0.05, 0.1) is 12.6 Å². The molecular formula is C23H36N4O6. The summed E-state index contributed by atoms with van der Waals surface area (Å²) in [6, 6.07) is 4.51. The molecule has 0 heterocycles. The van der Waals surface area contributed by atoms with Crippen molar-refractivity contribution in [1.29, 1.82) is 0 Å². The predicted octanol–water partition coefficient (Wildman–Crippen LogP) is -0.210. The zero-order valence-electron chi connectivity index (χ0n) is 19.6. The van der Waals surface area contributed by atoms with E-state index >= 15 is 0 Å². The number of amides is 3. The molecule has 0 radical (unpaired) electrons. The minimum Gasteiger partial charge on any atom is -0.480 e. The molecule has 10 nitrogen and oxygen atoms in total. The first-order valence-corrected chi connectivity index (χ1v) is 11.1. The van der Waals surface area contributed by atoms with Crippen molar-refractivity contribution in [2.24, 2.45) is 17.6 Å². The zero-order valence-corrected chi connectivity index (χ0v) is 19.6. The monoisotopic (exact) mass is 464 g/mol. The molecule has 0 saturated heterocycles. The summed E-state index contributed by atoms with van der Waals surface area (Å²) >= 11 is 0. The fourth-order valence-electron chi connectivity index (χ4n) is 3.03. The van der Waals surface area contributed by atoms with Crippen LogP contribution in [0, 0.1) is 11.8 Å². The third-order valence-electron chi connectivity index (χ3n) is 5.53. The van der Waals surface area contributed by atoms with Crippen LogP contribution < -0.4 is 21.7 Å². The van der Waals surface area contributed by atoms with E-state index in [0.29, 0.717) is 6.42 Å².